The van der Waals surface area contributed by atoms with Gasteiger partial charge in [-0.25, -0.2) is 0 Å². The molecule has 0 bridgehead atoms. The summed E-state index contributed by atoms with van der Waals surface area (Å²) < 4.78 is 7.46. The molecule has 2 aromatic carbocycles. The van der Waals surface area contributed by atoms with E-state index in [0.717, 1.165) is 58.2 Å². The van der Waals surface area contributed by atoms with Gasteiger partial charge in [0.1, 0.15) is 0 Å². The first-order valence-electron chi connectivity index (χ1n) is 12.9. The van der Waals surface area contributed by atoms with Gasteiger partial charge in [0, 0.05) is 71.2 Å². The molecule has 1 aromatic heterocycles. The van der Waals surface area contributed by atoms with E-state index < -0.39 is 0 Å². The highest BCUT2D eigenvalue weighted by Crippen LogP contribution is 2.30. The fraction of sp³-hybridized carbons (Fsp3) is 0.414. The van der Waals surface area contributed by atoms with Crippen LogP contribution in [0.1, 0.15) is 28.6 Å². The van der Waals surface area contributed by atoms with Crippen molar-refractivity contribution < 1.29 is 9.84 Å². The van der Waals surface area contributed by atoms with Gasteiger partial charge in [0.2, 0.25) is 5.43 Å². The number of piperazine rings is 1. The number of benzene rings is 2. The molecule has 5 rings (SSSR count). The molecule has 0 atom stereocenters. The maximum Gasteiger partial charge on any atom is 0.223 e. The number of pyridine rings is 1. The minimum atomic E-state index is -0.293. The second-order valence-corrected chi connectivity index (χ2v) is 9.78. The summed E-state index contributed by atoms with van der Waals surface area (Å²) in [6.07, 6.45) is 0. The van der Waals surface area contributed by atoms with Crippen molar-refractivity contribution in [1.82, 2.24) is 19.3 Å². The molecule has 0 spiro atoms. The minimum Gasteiger partial charge on any atom is -0.503 e. The molecular formula is C29H36N4O3. The Hall–Kier alpha value is -2.97. The number of ether oxygens (including phenoxy) is 1. The maximum absolute atomic E-state index is 12.6. The Labute approximate surface area is 213 Å². The monoisotopic (exact) mass is 488 g/mol. The summed E-state index contributed by atoms with van der Waals surface area (Å²) in [6.45, 7) is 7.97. The highest BCUT2D eigenvalue weighted by Gasteiger charge is 2.27. The van der Waals surface area contributed by atoms with E-state index in [0.29, 0.717) is 18.8 Å². The number of rotatable bonds is 7. The van der Waals surface area contributed by atoms with E-state index in [-0.39, 0.29) is 17.2 Å². The zero-order valence-electron chi connectivity index (χ0n) is 21.1. The van der Waals surface area contributed by atoms with Gasteiger partial charge in [0.25, 0.3) is 0 Å². The van der Waals surface area contributed by atoms with Crippen LogP contribution in [0, 0.1) is 0 Å². The molecule has 3 heterocycles. The Balaban J connectivity index is 1.30. The second-order valence-electron chi connectivity index (χ2n) is 9.78. The average molecular weight is 489 g/mol. The van der Waals surface area contributed by atoms with Crippen molar-refractivity contribution in [3.8, 4) is 5.75 Å². The summed E-state index contributed by atoms with van der Waals surface area (Å²) in [4.78, 5) is 19.8. The fourth-order valence-electron chi connectivity index (χ4n) is 5.39. The third kappa shape index (κ3) is 5.55. The van der Waals surface area contributed by atoms with Gasteiger partial charge in [-0.15, -0.1) is 0 Å². The SMILES string of the molecule is Cn1c(CN2CCOCC2)cc(=O)c(O)c1CN1CCN(C(c2ccccc2)c2ccccc2)CC1. The predicted molar refractivity (Wildman–Crippen MR) is 141 cm³/mol. The van der Waals surface area contributed by atoms with Crippen molar-refractivity contribution in [2.45, 2.75) is 19.1 Å². The number of nitrogens with zero attached hydrogens (tertiary/aromatic N) is 4. The Kier molecular flexibility index (Phi) is 7.82. The molecule has 36 heavy (non-hydrogen) atoms. The Morgan fingerprint density at radius 1 is 0.806 bits per heavy atom. The molecule has 0 saturated carbocycles. The molecule has 7 heteroatoms. The van der Waals surface area contributed by atoms with Gasteiger partial charge in [-0.2, -0.15) is 0 Å². The lowest BCUT2D eigenvalue weighted by Gasteiger charge is -2.40. The quantitative estimate of drug-likeness (QED) is 0.552. The summed E-state index contributed by atoms with van der Waals surface area (Å²) in [5.74, 6) is -0.128. The molecule has 2 saturated heterocycles. The van der Waals surface area contributed by atoms with Crippen LogP contribution in [0.5, 0.6) is 5.75 Å². The lowest BCUT2D eigenvalue weighted by atomic mass is 9.96. The van der Waals surface area contributed by atoms with E-state index in [1.54, 1.807) is 6.07 Å². The Morgan fingerprint density at radius 3 is 1.94 bits per heavy atom. The molecule has 0 amide bonds. The molecule has 0 unspecified atom stereocenters. The molecule has 2 aliphatic heterocycles. The highest BCUT2D eigenvalue weighted by atomic mass is 16.5. The van der Waals surface area contributed by atoms with Gasteiger partial charge in [-0.05, 0) is 11.1 Å². The molecule has 0 aliphatic carbocycles. The third-order valence-electron chi connectivity index (χ3n) is 7.51. The number of hydrogen-bond acceptors (Lipinski definition) is 6. The van der Waals surface area contributed by atoms with Crippen molar-refractivity contribution in [2.75, 3.05) is 52.5 Å². The maximum atomic E-state index is 12.6. The van der Waals surface area contributed by atoms with Gasteiger partial charge in [0.05, 0.1) is 24.9 Å². The highest BCUT2D eigenvalue weighted by molar-refractivity contribution is 5.32. The molecule has 7 nitrogen and oxygen atoms in total. The molecule has 3 aromatic rings. The predicted octanol–water partition coefficient (Wildman–Crippen LogP) is 2.83. The van der Waals surface area contributed by atoms with Crippen LogP contribution < -0.4 is 5.43 Å². The lowest BCUT2D eigenvalue weighted by Crippen LogP contribution is -2.47. The number of aromatic hydroxyl groups is 1. The first-order valence-corrected chi connectivity index (χ1v) is 12.9. The molecule has 1 N–H and O–H groups in total. The van der Waals surface area contributed by atoms with Crippen LogP contribution >= 0.6 is 0 Å². The lowest BCUT2D eigenvalue weighted by molar-refractivity contribution is 0.0330. The Bertz CT molecular complexity index is 1140. The Morgan fingerprint density at radius 2 is 1.36 bits per heavy atom. The van der Waals surface area contributed by atoms with Gasteiger partial charge >= 0.3 is 0 Å². The van der Waals surface area contributed by atoms with E-state index >= 15 is 0 Å². The van der Waals surface area contributed by atoms with Crippen molar-refractivity contribution in [1.29, 1.82) is 0 Å². The standard InChI is InChI=1S/C29H36N4O3/c1-30-25(21-32-16-18-36-19-17-32)20-27(34)29(35)26(30)22-31-12-14-33(15-13-31)28(23-8-4-2-5-9-23)24-10-6-3-7-11-24/h2-11,20,28,35H,12-19,21-22H2,1H3. The minimum absolute atomic E-state index is 0.128. The molecule has 2 aliphatic rings. The molecular weight excluding hydrogens is 452 g/mol. The van der Waals surface area contributed by atoms with E-state index in [1.807, 2.05) is 11.6 Å². The summed E-state index contributed by atoms with van der Waals surface area (Å²) >= 11 is 0. The van der Waals surface area contributed by atoms with Crippen LogP contribution in [0.2, 0.25) is 0 Å². The summed E-state index contributed by atoms with van der Waals surface area (Å²) in [7, 11) is 1.96. The smallest absolute Gasteiger partial charge is 0.223 e. The molecule has 190 valence electrons. The number of morpholine rings is 1. The van der Waals surface area contributed by atoms with E-state index in [1.165, 1.54) is 11.1 Å². The number of aromatic nitrogens is 1. The zero-order chi connectivity index (χ0) is 24.9. The largest absolute Gasteiger partial charge is 0.503 e. The fourth-order valence-corrected chi connectivity index (χ4v) is 5.39. The van der Waals surface area contributed by atoms with Gasteiger partial charge in [-0.3, -0.25) is 19.5 Å². The summed E-state index contributed by atoms with van der Waals surface area (Å²) in [5, 5.41) is 10.7. The number of hydrogen-bond donors (Lipinski definition) is 1. The van der Waals surface area contributed by atoms with Gasteiger partial charge in [-0.1, -0.05) is 60.7 Å². The third-order valence-corrected chi connectivity index (χ3v) is 7.51. The van der Waals surface area contributed by atoms with Crippen LogP contribution in [0.25, 0.3) is 0 Å². The van der Waals surface area contributed by atoms with Crippen LogP contribution in [0.4, 0.5) is 0 Å². The van der Waals surface area contributed by atoms with E-state index in [4.69, 9.17) is 4.74 Å². The second kappa shape index (κ2) is 11.4. The first-order chi connectivity index (χ1) is 17.6. The van der Waals surface area contributed by atoms with Crippen molar-refractivity contribution in [3.63, 3.8) is 0 Å². The first kappa shape index (κ1) is 24.7. The van der Waals surface area contributed by atoms with Crippen LogP contribution in [-0.2, 0) is 24.9 Å². The van der Waals surface area contributed by atoms with E-state index in [2.05, 4.69) is 75.4 Å². The van der Waals surface area contributed by atoms with Gasteiger partial charge < -0.3 is 14.4 Å². The zero-order valence-corrected chi connectivity index (χ0v) is 21.1. The van der Waals surface area contributed by atoms with Crippen molar-refractivity contribution in [2.24, 2.45) is 7.05 Å². The molecule has 0 radical (unpaired) electrons. The van der Waals surface area contributed by atoms with Crippen LogP contribution in [0.15, 0.2) is 71.5 Å². The molecule has 2 fully saturated rings. The van der Waals surface area contributed by atoms with Crippen molar-refractivity contribution >= 4 is 0 Å². The van der Waals surface area contributed by atoms with E-state index in [9.17, 15) is 9.90 Å². The normalized spacial score (nSPS) is 18.1. The topological polar surface area (TPSA) is 61.2 Å². The van der Waals surface area contributed by atoms with Crippen LogP contribution in [0.3, 0.4) is 0 Å². The van der Waals surface area contributed by atoms with Crippen LogP contribution in [-0.4, -0.2) is 76.9 Å². The summed E-state index contributed by atoms with van der Waals surface area (Å²) in [6, 6.07) is 23.2. The van der Waals surface area contributed by atoms with Gasteiger partial charge in [0.15, 0.2) is 5.75 Å². The van der Waals surface area contributed by atoms with Crippen molar-refractivity contribution in [3.05, 3.63) is 99.5 Å². The summed E-state index contributed by atoms with van der Waals surface area (Å²) in [5.41, 5.74) is 3.93. The average Bonchev–Trinajstić information content (AvgIpc) is 2.92.